The molecule has 0 radical (unpaired) electrons. The van der Waals surface area contributed by atoms with E-state index >= 15 is 0 Å². The second kappa shape index (κ2) is 7.89. The maximum atomic E-state index is 10.7. The molecule has 11 heteroatoms. The maximum Gasteiger partial charge on any atom is 0.336 e. The first-order valence-corrected chi connectivity index (χ1v) is 6.39. The monoisotopic (exact) mass is 340 g/mol. The molecule has 0 aliphatic rings. The number of carboxylic acids is 3. The van der Waals surface area contributed by atoms with E-state index in [-0.39, 0.29) is 22.6 Å². The summed E-state index contributed by atoms with van der Waals surface area (Å²) in [5.74, 6) is -3.34. The molecule has 0 bridgehead atoms. The summed E-state index contributed by atoms with van der Waals surface area (Å²) in [5, 5.41) is 35.8. The van der Waals surface area contributed by atoms with E-state index in [9.17, 15) is 14.4 Å². The molecule has 0 spiro atoms. The largest absolute Gasteiger partial charge is 0.480 e. The van der Waals surface area contributed by atoms with Crippen LogP contribution in [0.4, 0.5) is 0 Å². The summed E-state index contributed by atoms with van der Waals surface area (Å²) in [4.78, 5) is 32.3. The van der Waals surface area contributed by atoms with Gasteiger partial charge in [0.1, 0.15) is 0 Å². The quantitative estimate of drug-likeness (QED) is 0.580. The van der Waals surface area contributed by atoms with Gasteiger partial charge in [-0.15, -0.1) is 22.8 Å². The Hall–Kier alpha value is -2.95. The molecule has 0 unspecified atom stereocenters. The van der Waals surface area contributed by atoms with Crippen molar-refractivity contribution in [3.63, 3.8) is 0 Å². The predicted octanol–water partition coefficient (Wildman–Crippen LogP) is 0.438. The van der Waals surface area contributed by atoms with Crippen molar-refractivity contribution < 1.29 is 29.7 Å². The van der Waals surface area contributed by atoms with Gasteiger partial charge in [0.25, 0.3) is 0 Å². The second-order valence-corrected chi connectivity index (χ2v) is 4.63. The van der Waals surface area contributed by atoms with Gasteiger partial charge in [-0.1, -0.05) is 0 Å². The van der Waals surface area contributed by atoms with Gasteiger partial charge < -0.3 is 15.3 Å². The molecule has 0 amide bonds. The lowest BCUT2D eigenvalue weighted by Crippen LogP contribution is -2.11. The highest BCUT2D eigenvalue weighted by Crippen LogP contribution is 2.21. The number of thiol groups is 1. The van der Waals surface area contributed by atoms with Gasteiger partial charge in [0.2, 0.25) is 0 Å². The molecule has 2 aromatic rings. The summed E-state index contributed by atoms with van der Waals surface area (Å²) in [6, 6.07) is 2.77. The fraction of sp³-hybridized carbons (Fsp3) is 0.167. The Balaban J connectivity index is 0.000000253. The number of nitrogens with zero attached hydrogens (tertiary/aromatic N) is 4. The van der Waals surface area contributed by atoms with Crippen LogP contribution >= 0.6 is 12.6 Å². The zero-order chi connectivity index (χ0) is 17.6. The second-order valence-electron chi connectivity index (χ2n) is 4.18. The Morgan fingerprint density at radius 1 is 1.13 bits per heavy atom. The highest BCUT2D eigenvalue weighted by molar-refractivity contribution is 7.80. The van der Waals surface area contributed by atoms with Crippen molar-refractivity contribution in [2.24, 2.45) is 0 Å². The number of aryl methyl sites for hydroxylation is 1. The van der Waals surface area contributed by atoms with Gasteiger partial charge in [0.15, 0.2) is 12.9 Å². The molecule has 122 valence electrons. The molecule has 0 atom stereocenters. The lowest BCUT2D eigenvalue weighted by molar-refractivity contribution is -0.138. The topological polar surface area (TPSA) is 155 Å². The Bertz CT molecular complexity index is 696. The normalized spacial score (nSPS) is 9.65. The number of aromatic nitrogens is 4. The first-order valence-electron chi connectivity index (χ1n) is 5.95. The lowest BCUT2D eigenvalue weighted by Gasteiger charge is -2.05. The van der Waals surface area contributed by atoms with Gasteiger partial charge in [-0.3, -0.25) is 4.79 Å². The molecule has 0 aliphatic heterocycles. The number of hydrogen-bond acceptors (Lipinski definition) is 7. The first kappa shape index (κ1) is 18.1. The zero-order valence-electron chi connectivity index (χ0n) is 11.7. The van der Waals surface area contributed by atoms with Crippen LogP contribution in [0.25, 0.3) is 0 Å². The Kier molecular flexibility index (Phi) is 6.21. The molecular formula is C12H12N4O6S. The minimum absolute atomic E-state index is 0.0180. The molecule has 0 saturated heterocycles. The van der Waals surface area contributed by atoms with Crippen LogP contribution in [0, 0.1) is 6.92 Å². The van der Waals surface area contributed by atoms with E-state index in [1.807, 2.05) is 0 Å². The van der Waals surface area contributed by atoms with E-state index in [1.165, 1.54) is 18.5 Å². The van der Waals surface area contributed by atoms with Gasteiger partial charge >= 0.3 is 17.9 Å². The van der Waals surface area contributed by atoms with Crippen LogP contribution in [0.2, 0.25) is 0 Å². The van der Waals surface area contributed by atoms with Crippen LogP contribution in [0.15, 0.2) is 23.4 Å². The minimum Gasteiger partial charge on any atom is -0.480 e. The Labute approximate surface area is 134 Å². The van der Waals surface area contributed by atoms with E-state index in [0.717, 1.165) is 4.80 Å². The van der Waals surface area contributed by atoms with Crippen LogP contribution < -0.4 is 0 Å². The van der Waals surface area contributed by atoms with Gasteiger partial charge in [-0.05, 0) is 29.8 Å². The fourth-order valence-electron chi connectivity index (χ4n) is 1.49. The van der Waals surface area contributed by atoms with Crippen molar-refractivity contribution in [3.05, 3.63) is 35.2 Å². The van der Waals surface area contributed by atoms with Gasteiger partial charge in [0.05, 0.1) is 11.1 Å². The summed E-state index contributed by atoms with van der Waals surface area (Å²) in [6.45, 7) is 1.39. The molecule has 3 N–H and O–H groups in total. The summed E-state index contributed by atoms with van der Waals surface area (Å²) in [7, 11) is 0. The molecule has 10 nitrogen and oxygen atoms in total. The van der Waals surface area contributed by atoms with Crippen molar-refractivity contribution >= 4 is 30.5 Å². The summed E-state index contributed by atoms with van der Waals surface area (Å²) >= 11 is 3.88. The molecule has 2 rings (SSSR count). The van der Waals surface area contributed by atoms with E-state index < -0.39 is 17.9 Å². The molecule has 1 heterocycles. The summed E-state index contributed by atoms with van der Waals surface area (Å²) < 4.78 is 0. The average Bonchev–Trinajstić information content (AvgIpc) is 2.93. The van der Waals surface area contributed by atoms with Crippen molar-refractivity contribution in [1.82, 2.24) is 20.2 Å². The van der Waals surface area contributed by atoms with Gasteiger partial charge in [-0.2, -0.15) is 4.80 Å². The third kappa shape index (κ3) is 5.39. The van der Waals surface area contributed by atoms with E-state index in [1.54, 1.807) is 6.92 Å². The van der Waals surface area contributed by atoms with Crippen LogP contribution in [0.3, 0.4) is 0 Å². The average molecular weight is 340 g/mol. The first-order chi connectivity index (χ1) is 10.7. The van der Waals surface area contributed by atoms with Crippen molar-refractivity contribution in [3.8, 4) is 0 Å². The number of aliphatic carboxylic acids is 1. The molecule has 0 saturated carbocycles. The molecule has 23 heavy (non-hydrogen) atoms. The van der Waals surface area contributed by atoms with Crippen LogP contribution in [0.5, 0.6) is 0 Å². The predicted molar refractivity (Wildman–Crippen MR) is 77.8 cm³/mol. The number of rotatable bonds is 4. The third-order valence-electron chi connectivity index (χ3n) is 2.38. The zero-order valence-corrected chi connectivity index (χ0v) is 12.6. The van der Waals surface area contributed by atoms with Gasteiger partial charge in [-0.25, -0.2) is 9.59 Å². The highest BCUT2D eigenvalue weighted by atomic mass is 32.1. The summed E-state index contributed by atoms with van der Waals surface area (Å²) in [6.07, 6.45) is 1.18. The molecule has 0 fully saturated rings. The Morgan fingerprint density at radius 2 is 1.65 bits per heavy atom. The van der Waals surface area contributed by atoms with Crippen molar-refractivity contribution in [2.45, 2.75) is 18.4 Å². The molecule has 1 aromatic carbocycles. The van der Waals surface area contributed by atoms with Crippen molar-refractivity contribution in [1.29, 1.82) is 0 Å². The third-order valence-corrected chi connectivity index (χ3v) is 2.87. The van der Waals surface area contributed by atoms with E-state index in [2.05, 4.69) is 28.0 Å². The maximum absolute atomic E-state index is 10.7. The number of benzene rings is 1. The number of carboxylic acid groups (broad SMARTS) is 3. The van der Waals surface area contributed by atoms with Gasteiger partial charge in [0, 0.05) is 4.90 Å². The smallest absolute Gasteiger partial charge is 0.336 e. The van der Waals surface area contributed by atoms with Crippen LogP contribution in [-0.4, -0.2) is 53.4 Å². The molecular weight excluding hydrogens is 328 g/mol. The summed E-state index contributed by atoms with van der Waals surface area (Å²) in [5.41, 5.74) is 0.397. The SMILES string of the molecule is Cc1cc(C(=O)O)c(S)c(C(=O)O)c1.O=C(O)Cn1ncnn1. The molecule has 1 aromatic heterocycles. The highest BCUT2D eigenvalue weighted by Gasteiger charge is 2.16. The fourth-order valence-corrected chi connectivity index (χ4v) is 1.81. The standard InChI is InChI=1S/C9H8O4S.C3H4N4O2/c1-4-2-5(8(10)11)7(14)6(3-4)9(12)13;8-3(9)1-7-5-2-4-6-7/h2-3,14H,1H3,(H,10,11)(H,12,13);2H,1H2,(H,8,9). The number of tetrazole rings is 1. The van der Waals surface area contributed by atoms with E-state index in [0.29, 0.717) is 5.56 Å². The van der Waals surface area contributed by atoms with Crippen molar-refractivity contribution in [2.75, 3.05) is 0 Å². The van der Waals surface area contributed by atoms with E-state index in [4.69, 9.17) is 15.3 Å². The van der Waals surface area contributed by atoms with Crippen LogP contribution in [0.1, 0.15) is 26.3 Å². The number of carbonyl (C=O) groups is 3. The Morgan fingerprint density at radius 3 is 2.00 bits per heavy atom. The van der Waals surface area contributed by atoms with Crippen LogP contribution in [-0.2, 0) is 11.3 Å². The number of hydrogen-bond donors (Lipinski definition) is 4. The lowest BCUT2D eigenvalue weighted by atomic mass is 10.1. The number of aromatic carboxylic acids is 2. The molecule has 0 aliphatic carbocycles. The minimum atomic E-state index is -1.18.